The van der Waals surface area contributed by atoms with E-state index >= 15 is 0 Å². The molecule has 0 fully saturated rings. The lowest BCUT2D eigenvalue weighted by Gasteiger charge is -2.20. The van der Waals surface area contributed by atoms with Crippen LogP contribution in [0, 0.1) is 13.8 Å². The van der Waals surface area contributed by atoms with E-state index in [0.29, 0.717) is 20.5 Å². The average molecular weight is 470 g/mol. The highest BCUT2D eigenvalue weighted by atomic mass is 35.5. The molecule has 0 saturated heterocycles. The molecule has 1 heterocycles. The molecule has 0 radical (unpaired) electrons. The molecule has 3 aromatic carbocycles. The van der Waals surface area contributed by atoms with Crippen LogP contribution in [0.2, 0.25) is 5.02 Å². The van der Waals surface area contributed by atoms with Crippen molar-refractivity contribution in [2.45, 2.75) is 29.4 Å². The van der Waals surface area contributed by atoms with Crippen LogP contribution in [0.15, 0.2) is 75.4 Å². The van der Waals surface area contributed by atoms with Crippen molar-refractivity contribution in [1.82, 2.24) is 0 Å². The van der Waals surface area contributed by atoms with Crippen molar-refractivity contribution < 1.29 is 13.2 Å². The summed E-state index contributed by atoms with van der Waals surface area (Å²) < 4.78 is 26.3. The van der Waals surface area contributed by atoms with Gasteiger partial charge >= 0.3 is 0 Å². The predicted octanol–water partition coefficient (Wildman–Crippen LogP) is 6.02. The van der Waals surface area contributed by atoms with Crippen LogP contribution in [0.1, 0.15) is 22.3 Å². The van der Waals surface area contributed by atoms with E-state index < -0.39 is 9.84 Å². The van der Waals surface area contributed by atoms with Gasteiger partial charge in [-0.05, 0) is 72.5 Å². The van der Waals surface area contributed by atoms with Gasteiger partial charge in [-0.1, -0.05) is 53.7 Å². The Morgan fingerprint density at radius 1 is 1.00 bits per heavy atom. The molecule has 0 aromatic heterocycles. The lowest BCUT2D eigenvalue weighted by molar-refractivity contribution is -0.112. The van der Waals surface area contributed by atoms with E-state index in [4.69, 9.17) is 11.6 Å². The van der Waals surface area contributed by atoms with Gasteiger partial charge in [-0.25, -0.2) is 8.42 Å². The molecule has 4 nitrogen and oxygen atoms in total. The number of carbonyl (C=O) groups excluding carboxylic acids is 1. The fourth-order valence-corrected chi connectivity index (χ4v) is 6.15. The Hall–Kier alpha value is -2.54. The molecule has 1 aliphatic rings. The van der Waals surface area contributed by atoms with Crippen LogP contribution >= 0.6 is 23.4 Å². The van der Waals surface area contributed by atoms with Gasteiger partial charge in [0.15, 0.2) is 9.84 Å². The molecule has 0 spiro atoms. The summed E-state index contributed by atoms with van der Waals surface area (Å²) in [6.07, 6.45) is 1.76. The summed E-state index contributed by atoms with van der Waals surface area (Å²) in [5, 5.41) is 3.46. The zero-order chi connectivity index (χ0) is 22.2. The number of aryl methyl sites for hydroxylation is 2. The molecule has 0 bridgehead atoms. The lowest BCUT2D eigenvalue weighted by Crippen LogP contribution is -2.17. The standard InChI is InChI=1S/C24H20ClNO3S2/c1-15-4-3-5-16(2)20(15)14-31(28,29)19-10-11-21-22(13-19)30-23(24(27)26-21)12-17-6-8-18(25)9-7-17/h3-13H,14H2,1-2H3,(H,26,27)/b23-12+. The maximum Gasteiger partial charge on any atom is 0.262 e. The summed E-state index contributed by atoms with van der Waals surface area (Å²) in [7, 11) is -3.55. The van der Waals surface area contributed by atoms with Gasteiger partial charge in [0.2, 0.25) is 0 Å². The third-order valence-electron chi connectivity index (χ3n) is 5.15. The van der Waals surface area contributed by atoms with Crippen molar-refractivity contribution in [3.8, 4) is 0 Å². The largest absolute Gasteiger partial charge is 0.320 e. The van der Waals surface area contributed by atoms with Crippen LogP contribution in [0.5, 0.6) is 0 Å². The fraction of sp³-hybridized carbons (Fsp3) is 0.125. The third-order valence-corrected chi connectivity index (χ3v) is 8.12. The van der Waals surface area contributed by atoms with Crippen LogP contribution in [0.3, 0.4) is 0 Å². The van der Waals surface area contributed by atoms with Crippen molar-refractivity contribution in [3.63, 3.8) is 0 Å². The normalized spacial score (nSPS) is 14.9. The van der Waals surface area contributed by atoms with Crippen LogP contribution in [-0.2, 0) is 20.4 Å². The minimum Gasteiger partial charge on any atom is -0.320 e. The Balaban J connectivity index is 1.65. The number of carbonyl (C=O) groups is 1. The Bertz CT molecular complexity index is 1290. The number of amides is 1. The van der Waals surface area contributed by atoms with Gasteiger partial charge in [0.1, 0.15) is 0 Å². The molecule has 7 heteroatoms. The monoisotopic (exact) mass is 469 g/mol. The van der Waals surface area contributed by atoms with Gasteiger partial charge in [-0.2, -0.15) is 0 Å². The molecule has 0 aliphatic carbocycles. The fourth-order valence-electron chi connectivity index (χ4n) is 3.39. The molecule has 31 heavy (non-hydrogen) atoms. The molecule has 1 amide bonds. The Labute approximate surface area is 191 Å². The Morgan fingerprint density at radius 3 is 2.35 bits per heavy atom. The highest BCUT2D eigenvalue weighted by Crippen LogP contribution is 2.40. The lowest BCUT2D eigenvalue weighted by atomic mass is 10.1. The second kappa shape index (κ2) is 8.54. The Morgan fingerprint density at radius 2 is 1.68 bits per heavy atom. The van der Waals surface area contributed by atoms with E-state index in [2.05, 4.69) is 5.32 Å². The minimum atomic E-state index is -3.55. The Kier molecular flexibility index (Phi) is 5.97. The third kappa shape index (κ3) is 4.71. The summed E-state index contributed by atoms with van der Waals surface area (Å²) in [5.41, 5.74) is 4.18. The van der Waals surface area contributed by atoms with Crippen LogP contribution < -0.4 is 5.32 Å². The molecular formula is C24H20ClNO3S2. The molecule has 0 unspecified atom stereocenters. The number of hydrogen-bond donors (Lipinski definition) is 1. The maximum absolute atomic E-state index is 13.1. The van der Waals surface area contributed by atoms with E-state index in [0.717, 1.165) is 22.3 Å². The van der Waals surface area contributed by atoms with Crippen LogP contribution in [-0.4, -0.2) is 14.3 Å². The van der Waals surface area contributed by atoms with Gasteiger partial charge in [0.25, 0.3) is 5.91 Å². The van der Waals surface area contributed by atoms with Crippen molar-refractivity contribution in [2.75, 3.05) is 5.32 Å². The second-order valence-corrected chi connectivity index (χ2v) is 10.9. The van der Waals surface area contributed by atoms with Crippen molar-refractivity contribution in [2.24, 2.45) is 0 Å². The number of halogens is 1. The smallest absolute Gasteiger partial charge is 0.262 e. The highest BCUT2D eigenvalue weighted by molar-refractivity contribution is 8.04. The maximum atomic E-state index is 13.1. The van der Waals surface area contributed by atoms with E-state index in [9.17, 15) is 13.2 Å². The van der Waals surface area contributed by atoms with Gasteiger partial charge in [-0.15, -0.1) is 0 Å². The number of nitrogens with one attached hydrogen (secondary N) is 1. The predicted molar refractivity (Wildman–Crippen MR) is 127 cm³/mol. The van der Waals surface area contributed by atoms with E-state index in [1.54, 1.807) is 36.4 Å². The molecule has 158 valence electrons. The first kappa shape index (κ1) is 21.7. The quantitative estimate of drug-likeness (QED) is 0.475. The molecular weight excluding hydrogens is 450 g/mol. The van der Waals surface area contributed by atoms with Crippen molar-refractivity contribution in [3.05, 3.63) is 92.8 Å². The van der Waals surface area contributed by atoms with Gasteiger partial charge in [-0.3, -0.25) is 4.79 Å². The van der Waals surface area contributed by atoms with Crippen LogP contribution in [0.25, 0.3) is 6.08 Å². The molecule has 1 N–H and O–H groups in total. The number of thioether (sulfide) groups is 1. The highest BCUT2D eigenvalue weighted by Gasteiger charge is 2.25. The SMILES string of the molecule is Cc1cccc(C)c1CS(=O)(=O)c1ccc2c(c1)S/C(=C/c1ccc(Cl)cc1)C(=O)N2. The first-order valence-corrected chi connectivity index (χ1v) is 12.5. The van der Waals surface area contributed by atoms with Crippen LogP contribution in [0.4, 0.5) is 5.69 Å². The van der Waals surface area contributed by atoms with E-state index in [-0.39, 0.29) is 16.6 Å². The van der Waals surface area contributed by atoms with Gasteiger partial charge < -0.3 is 5.32 Å². The summed E-state index contributed by atoms with van der Waals surface area (Å²) in [6.45, 7) is 3.84. The summed E-state index contributed by atoms with van der Waals surface area (Å²) in [4.78, 5) is 13.9. The first-order valence-electron chi connectivity index (χ1n) is 9.61. The molecule has 4 rings (SSSR count). The topological polar surface area (TPSA) is 63.2 Å². The number of hydrogen-bond acceptors (Lipinski definition) is 4. The molecule has 3 aromatic rings. The van der Waals surface area contributed by atoms with Crippen molar-refractivity contribution >= 4 is 50.9 Å². The number of sulfone groups is 1. The van der Waals surface area contributed by atoms with Gasteiger partial charge in [0.05, 0.1) is 21.2 Å². The van der Waals surface area contributed by atoms with Crippen molar-refractivity contribution in [1.29, 1.82) is 0 Å². The molecule has 0 saturated carbocycles. The summed E-state index contributed by atoms with van der Waals surface area (Å²) >= 11 is 7.18. The minimum absolute atomic E-state index is 0.0607. The van der Waals surface area contributed by atoms with Gasteiger partial charge in [0, 0.05) is 9.92 Å². The molecule has 1 aliphatic heterocycles. The molecule has 0 atom stereocenters. The van der Waals surface area contributed by atoms with E-state index in [1.165, 1.54) is 11.8 Å². The number of benzene rings is 3. The van der Waals surface area contributed by atoms with E-state index in [1.807, 2.05) is 44.2 Å². The zero-order valence-electron chi connectivity index (χ0n) is 17.0. The number of anilines is 1. The number of fused-ring (bicyclic) bond motifs is 1. The summed E-state index contributed by atoms with van der Waals surface area (Å²) in [5.74, 6) is -0.284. The number of rotatable bonds is 4. The average Bonchev–Trinajstić information content (AvgIpc) is 2.73. The zero-order valence-corrected chi connectivity index (χ0v) is 19.4. The second-order valence-electron chi connectivity index (χ2n) is 7.40. The summed E-state index contributed by atoms with van der Waals surface area (Å²) in [6, 6.07) is 17.8. The first-order chi connectivity index (χ1) is 14.7.